The van der Waals surface area contributed by atoms with Crippen LogP contribution in [0.25, 0.3) is 0 Å². The molecule has 1 aromatic heterocycles. The van der Waals surface area contributed by atoms with Gasteiger partial charge in [0, 0.05) is 12.1 Å². The smallest absolute Gasteiger partial charge is 0.307 e. The lowest BCUT2D eigenvalue weighted by atomic mass is 10.1. The minimum absolute atomic E-state index is 0.0417. The number of benzene rings is 2. The molecular weight excluding hydrogens is 365 g/mol. The Morgan fingerprint density at radius 1 is 0.929 bits per heavy atom. The van der Waals surface area contributed by atoms with Gasteiger partial charge in [-0.3, -0.25) is 9.59 Å². The molecule has 0 saturated heterocycles. The predicted octanol–water partition coefficient (Wildman–Crippen LogP) is 2.82. The molecule has 1 heterocycles. The summed E-state index contributed by atoms with van der Waals surface area (Å²) in [4.78, 5) is 28.3. The summed E-state index contributed by atoms with van der Waals surface area (Å²) in [5.74, 6) is -0.829. The first-order chi connectivity index (χ1) is 13.5. The second-order valence-electron chi connectivity index (χ2n) is 6.10. The van der Waals surface area contributed by atoms with Crippen molar-refractivity contribution in [3.05, 3.63) is 99.7 Å². The van der Waals surface area contributed by atoms with E-state index in [1.807, 2.05) is 0 Å². The summed E-state index contributed by atoms with van der Waals surface area (Å²) in [5.41, 5.74) is 1.89. The van der Waals surface area contributed by atoms with E-state index in [0.717, 1.165) is 15.9 Å². The van der Waals surface area contributed by atoms with Crippen molar-refractivity contribution in [2.75, 3.05) is 0 Å². The van der Waals surface area contributed by atoms with Crippen molar-refractivity contribution in [2.24, 2.45) is 0 Å². The van der Waals surface area contributed by atoms with Crippen LogP contribution in [0.5, 0.6) is 5.75 Å². The van der Waals surface area contributed by atoms with Crippen LogP contribution in [0, 0.1) is 5.82 Å². The summed E-state index contributed by atoms with van der Waals surface area (Å²) in [6.07, 6.45) is 1.42. The highest BCUT2D eigenvalue weighted by atomic mass is 19.1. The predicted molar refractivity (Wildman–Crippen MR) is 99.5 cm³/mol. The number of rotatable bonds is 8. The van der Waals surface area contributed by atoms with Crippen LogP contribution in [-0.2, 0) is 24.4 Å². The van der Waals surface area contributed by atoms with E-state index in [0.29, 0.717) is 11.3 Å². The van der Waals surface area contributed by atoms with E-state index in [4.69, 9.17) is 14.7 Å². The highest BCUT2D eigenvalue weighted by Crippen LogP contribution is 2.11. The summed E-state index contributed by atoms with van der Waals surface area (Å²) >= 11 is 0. The van der Waals surface area contributed by atoms with Crippen LogP contribution in [0.15, 0.2) is 71.7 Å². The lowest BCUT2D eigenvalue weighted by Gasteiger charge is -2.10. The largest absolute Gasteiger partial charge is 0.489 e. The average molecular weight is 383 g/mol. The number of carbonyl (C=O) groups is 1. The molecule has 7 heteroatoms. The number of carboxylic acids is 1. The van der Waals surface area contributed by atoms with Crippen LogP contribution in [0.2, 0.25) is 0 Å². The van der Waals surface area contributed by atoms with Crippen molar-refractivity contribution in [3.63, 3.8) is 0 Å². The van der Waals surface area contributed by atoms with Gasteiger partial charge in [0.05, 0.1) is 12.6 Å². The number of pyridine rings is 1. The number of ether oxygens (including phenoxy) is 1. The molecule has 0 saturated carbocycles. The molecule has 0 radical (unpaired) electrons. The van der Waals surface area contributed by atoms with Gasteiger partial charge in [-0.25, -0.2) is 4.39 Å². The van der Waals surface area contributed by atoms with Crippen molar-refractivity contribution in [2.45, 2.75) is 19.6 Å². The van der Waals surface area contributed by atoms with Gasteiger partial charge in [-0.15, -0.1) is 0 Å². The zero-order chi connectivity index (χ0) is 19.9. The SMILES string of the molecule is O=C(O)Cc1ccc(COn2ccc(OCc3ccc(F)cc3)cc2=O)cc1. The number of hydrogen-bond donors (Lipinski definition) is 1. The van der Waals surface area contributed by atoms with Crippen LogP contribution >= 0.6 is 0 Å². The highest BCUT2D eigenvalue weighted by molar-refractivity contribution is 5.70. The quantitative estimate of drug-likeness (QED) is 0.647. The molecule has 0 spiro atoms. The molecule has 0 aliphatic carbocycles. The Labute approximate surface area is 160 Å². The summed E-state index contributed by atoms with van der Waals surface area (Å²) < 4.78 is 19.5. The molecular formula is C21H18FNO5. The molecule has 0 bridgehead atoms. The molecule has 1 N–H and O–H groups in total. The Balaban J connectivity index is 1.55. The van der Waals surface area contributed by atoms with E-state index < -0.39 is 5.97 Å². The number of nitrogens with zero attached hydrogens (tertiary/aromatic N) is 1. The third-order valence-corrected chi connectivity index (χ3v) is 3.92. The maximum Gasteiger partial charge on any atom is 0.307 e. The fraction of sp³-hybridized carbons (Fsp3) is 0.143. The zero-order valence-corrected chi connectivity index (χ0v) is 14.9. The van der Waals surface area contributed by atoms with Crippen LogP contribution in [0.1, 0.15) is 16.7 Å². The molecule has 6 nitrogen and oxygen atoms in total. The Morgan fingerprint density at radius 3 is 2.18 bits per heavy atom. The molecule has 0 fully saturated rings. The minimum Gasteiger partial charge on any atom is -0.489 e. The van der Waals surface area contributed by atoms with Gasteiger partial charge in [0.1, 0.15) is 24.8 Å². The topological polar surface area (TPSA) is 77.8 Å². The standard InChI is InChI=1S/C21H18FNO5/c22-18-7-5-16(6-8-18)13-27-19-9-10-23(20(24)12-19)28-14-17-3-1-15(2-4-17)11-21(25)26/h1-10,12H,11,13-14H2,(H,25,26). The van der Waals surface area contributed by atoms with Crippen molar-refractivity contribution < 1.29 is 23.9 Å². The van der Waals surface area contributed by atoms with Gasteiger partial charge >= 0.3 is 5.97 Å². The maximum atomic E-state index is 12.9. The molecule has 28 heavy (non-hydrogen) atoms. The summed E-state index contributed by atoms with van der Waals surface area (Å²) in [6.45, 7) is 0.371. The number of hydrogen-bond acceptors (Lipinski definition) is 4. The third kappa shape index (κ3) is 5.44. The minimum atomic E-state index is -0.891. The lowest BCUT2D eigenvalue weighted by molar-refractivity contribution is -0.136. The summed E-state index contributed by atoms with van der Waals surface area (Å²) in [5, 5.41) is 8.77. The van der Waals surface area contributed by atoms with E-state index in [1.165, 1.54) is 24.4 Å². The normalized spacial score (nSPS) is 10.5. The van der Waals surface area contributed by atoms with E-state index >= 15 is 0 Å². The van der Waals surface area contributed by atoms with Gasteiger partial charge in [-0.2, -0.15) is 4.73 Å². The van der Waals surface area contributed by atoms with Crippen LogP contribution < -0.4 is 15.1 Å². The fourth-order valence-electron chi connectivity index (χ4n) is 2.46. The number of carboxylic acid groups (broad SMARTS) is 1. The van der Waals surface area contributed by atoms with Crippen LogP contribution in [0.3, 0.4) is 0 Å². The average Bonchev–Trinajstić information content (AvgIpc) is 2.67. The second-order valence-corrected chi connectivity index (χ2v) is 6.10. The van der Waals surface area contributed by atoms with Crippen molar-refractivity contribution in [1.82, 2.24) is 4.73 Å². The molecule has 0 amide bonds. The van der Waals surface area contributed by atoms with Gasteiger partial charge in [-0.1, -0.05) is 36.4 Å². The van der Waals surface area contributed by atoms with Gasteiger partial charge in [-0.05, 0) is 28.8 Å². The van der Waals surface area contributed by atoms with Crippen molar-refractivity contribution in [3.8, 4) is 5.75 Å². The number of aromatic nitrogens is 1. The van der Waals surface area contributed by atoms with E-state index in [9.17, 15) is 14.0 Å². The highest BCUT2D eigenvalue weighted by Gasteiger charge is 2.04. The number of aliphatic carboxylic acids is 1. The van der Waals surface area contributed by atoms with E-state index in [1.54, 1.807) is 42.5 Å². The molecule has 2 aromatic carbocycles. The Kier molecular flexibility index (Phi) is 6.06. The summed E-state index contributed by atoms with van der Waals surface area (Å²) in [6, 6.07) is 15.7. The molecule has 0 aliphatic heterocycles. The van der Waals surface area contributed by atoms with Gasteiger partial charge < -0.3 is 14.7 Å². The van der Waals surface area contributed by atoms with Crippen molar-refractivity contribution in [1.29, 1.82) is 0 Å². The first-order valence-electron chi connectivity index (χ1n) is 8.52. The fourth-order valence-corrected chi connectivity index (χ4v) is 2.46. The second kappa shape index (κ2) is 8.85. The molecule has 0 aliphatic rings. The Morgan fingerprint density at radius 2 is 1.54 bits per heavy atom. The van der Waals surface area contributed by atoms with E-state index in [2.05, 4.69) is 0 Å². The first-order valence-corrected chi connectivity index (χ1v) is 8.52. The first kappa shape index (κ1) is 19.2. The van der Waals surface area contributed by atoms with Crippen molar-refractivity contribution >= 4 is 5.97 Å². The monoisotopic (exact) mass is 383 g/mol. The van der Waals surface area contributed by atoms with Crippen LogP contribution in [0.4, 0.5) is 4.39 Å². The van der Waals surface area contributed by atoms with E-state index in [-0.39, 0.29) is 31.0 Å². The summed E-state index contributed by atoms with van der Waals surface area (Å²) in [7, 11) is 0. The Bertz CT molecular complexity index is 997. The maximum absolute atomic E-state index is 12.9. The molecule has 144 valence electrons. The molecule has 3 aromatic rings. The molecule has 0 atom stereocenters. The lowest BCUT2D eigenvalue weighted by Crippen LogP contribution is -2.25. The van der Waals surface area contributed by atoms with Gasteiger partial charge in [0.25, 0.3) is 5.56 Å². The third-order valence-electron chi connectivity index (χ3n) is 3.92. The van der Waals surface area contributed by atoms with Crippen LogP contribution in [-0.4, -0.2) is 15.8 Å². The van der Waals surface area contributed by atoms with Gasteiger partial charge in [0.15, 0.2) is 0 Å². The molecule has 0 unspecified atom stereocenters. The number of halogens is 1. The Hall–Kier alpha value is -3.61. The van der Waals surface area contributed by atoms with Gasteiger partial charge in [0.2, 0.25) is 0 Å². The zero-order valence-electron chi connectivity index (χ0n) is 14.9. The molecule has 3 rings (SSSR count).